The molecule has 2 aromatic rings. The molecule has 1 atom stereocenters. The van der Waals surface area contributed by atoms with Crippen LogP contribution in [0, 0.1) is 6.92 Å². The van der Waals surface area contributed by atoms with Crippen LogP contribution >= 0.6 is 0 Å². The average molecular weight is 283 g/mol. The van der Waals surface area contributed by atoms with Gasteiger partial charge in [0.25, 0.3) is 0 Å². The summed E-state index contributed by atoms with van der Waals surface area (Å²) in [6.07, 6.45) is 0. The van der Waals surface area contributed by atoms with Crippen LogP contribution in [0.5, 0.6) is 5.75 Å². The molecule has 0 aliphatic rings. The first-order valence-electron chi connectivity index (χ1n) is 7.56. The Hall–Kier alpha value is -1.80. The first kappa shape index (κ1) is 15.6. The van der Waals surface area contributed by atoms with Gasteiger partial charge in [-0.3, -0.25) is 0 Å². The Labute approximate surface area is 128 Å². The topological polar surface area (TPSA) is 21.3 Å². The van der Waals surface area contributed by atoms with Gasteiger partial charge in [-0.2, -0.15) is 0 Å². The van der Waals surface area contributed by atoms with E-state index < -0.39 is 0 Å². The monoisotopic (exact) mass is 283 g/mol. The molecule has 0 saturated carbocycles. The first-order chi connectivity index (χ1) is 10.1. The molecule has 0 aliphatic heterocycles. The molecule has 0 bridgehead atoms. The Kier molecular flexibility index (Phi) is 5.40. The second-order valence-corrected chi connectivity index (χ2v) is 5.79. The lowest BCUT2D eigenvalue weighted by Gasteiger charge is -2.18. The Bertz CT molecular complexity index is 560. The van der Waals surface area contributed by atoms with E-state index in [2.05, 4.69) is 68.6 Å². The van der Waals surface area contributed by atoms with E-state index in [1.807, 2.05) is 13.1 Å². The van der Waals surface area contributed by atoms with Crippen molar-refractivity contribution in [3.8, 4) is 5.75 Å². The van der Waals surface area contributed by atoms with Crippen LogP contribution in [-0.4, -0.2) is 13.7 Å². The zero-order valence-electron chi connectivity index (χ0n) is 13.4. The number of ether oxygens (including phenoxy) is 1. The largest absolute Gasteiger partial charge is 0.492 e. The molecule has 1 unspecified atom stereocenters. The normalized spacial score (nSPS) is 12.4. The second kappa shape index (κ2) is 7.28. The summed E-state index contributed by atoms with van der Waals surface area (Å²) in [6.45, 7) is 7.12. The summed E-state index contributed by atoms with van der Waals surface area (Å²) in [5.41, 5.74) is 3.84. The minimum atomic E-state index is 0.202. The fourth-order valence-electron chi connectivity index (χ4n) is 2.29. The lowest BCUT2D eigenvalue weighted by Crippen LogP contribution is -2.23. The van der Waals surface area contributed by atoms with Crippen LogP contribution in [0.2, 0.25) is 0 Å². The van der Waals surface area contributed by atoms with Crippen LogP contribution in [0.25, 0.3) is 0 Å². The molecule has 0 aliphatic carbocycles. The third-order valence-corrected chi connectivity index (χ3v) is 3.77. The summed E-state index contributed by atoms with van der Waals surface area (Å²) in [5.74, 6) is 1.46. The number of aryl methyl sites for hydroxylation is 1. The van der Waals surface area contributed by atoms with Gasteiger partial charge < -0.3 is 10.1 Å². The molecule has 2 heteroatoms. The number of nitrogens with one attached hydrogen (secondary N) is 1. The third kappa shape index (κ3) is 4.33. The van der Waals surface area contributed by atoms with Crippen molar-refractivity contribution in [1.82, 2.24) is 5.32 Å². The van der Waals surface area contributed by atoms with Crippen LogP contribution < -0.4 is 10.1 Å². The summed E-state index contributed by atoms with van der Waals surface area (Å²) >= 11 is 0. The van der Waals surface area contributed by atoms with Crippen molar-refractivity contribution in [3.63, 3.8) is 0 Å². The maximum atomic E-state index is 5.97. The van der Waals surface area contributed by atoms with Crippen LogP contribution in [0.15, 0.2) is 48.5 Å². The smallest absolute Gasteiger partial charge is 0.119 e. The third-order valence-electron chi connectivity index (χ3n) is 3.77. The molecule has 21 heavy (non-hydrogen) atoms. The Morgan fingerprint density at radius 3 is 2.33 bits per heavy atom. The maximum absolute atomic E-state index is 5.97. The van der Waals surface area contributed by atoms with E-state index in [1.54, 1.807) is 0 Å². The molecule has 0 saturated heterocycles. The highest BCUT2D eigenvalue weighted by molar-refractivity contribution is 5.30. The van der Waals surface area contributed by atoms with E-state index in [9.17, 15) is 0 Å². The van der Waals surface area contributed by atoms with Gasteiger partial charge in [0.15, 0.2) is 0 Å². The maximum Gasteiger partial charge on any atom is 0.119 e. The van der Waals surface area contributed by atoms with Gasteiger partial charge in [-0.1, -0.05) is 55.8 Å². The second-order valence-electron chi connectivity index (χ2n) is 5.79. The molecule has 0 fully saturated rings. The molecule has 2 aromatic carbocycles. The van der Waals surface area contributed by atoms with Gasteiger partial charge in [-0.05, 0) is 43.1 Å². The zero-order valence-corrected chi connectivity index (χ0v) is 13.4. The minimum absolute atomic E-state index is 0.202. The molecule has 0 aromatic heterocycles. The fourth-order valence-corrected chi connectivity index (χ4v) is 2.29. The van der Waals surface area contributed by atoms with Crippen molar-refractivity contribution >= 4 is 0 Å². The molecule has 2 nitrogen and oxygen atoms in total. The highest BCUT2D eigenvalue weighted by atomic mass is 16.5. The predicted molar refractivity (Wildman–Crippen MR) is 89.0 cm³/mol. The number of likely N-dealkylation sites (N-methyl/N-ethyl adjacent to an activating group) is 1. The average Bonchev–Trinajstić information content (AvgIpc) is 2.50. The van der Waals surface area contributed by atoms with E-state index in [1.165, 1.54) is 16.7 Å². The van der Waals surface area contributed by atoms with Crippen LogP contribution in [0.4, 0.5) is 0 Å². The van der Waals surface area contributed by atoms with E-state index in [0.717, 1.165) is 5.75 Å². The van der Waals surface area contributed by atoms with Crippen molar-refractivity contribution in [2.45, 2.75) is 32.7 Å². The van der Waals surface area contributed by atoms with Crippen molar-refractivity contribution < 1.29 is 4.74 Å². The molecule has 1 N–H and O–H groups in total. The summed E-state index contributed by atoms with van der Waals surface area (Å²) in [5, 5.41) is 3.32. The van der Waals surface area contributed by atoms with Crippen LogP contribution in [0.1, 0.15) is 42.5 Å². The molecule has 112 valence electrons. The van der Waals surface area contributed by atoms with Crippen molar-refractivity contribution in [1.29, 1.82) is 0 Å². The lowest BCUT2D eigenvalue weighted by atomic mass is 10.0. The van der Waals surface area contributed by atoms with Crippen molar-refractivity contribution in [3.05, 3.63) is 65.2 Å². The molecule has 0 spiro atoms. The van der Waals surface area contributed by atoms with E-state index >= 15 is 0 Å². The zero-order chi connectivity index (χ0) is 15.2. The van der Waals surface area contributed by atoms with E-state index in [0.29, 0.717) is 12.5 Å². The van der Waals surface area contributed by atoms with Gasteiger partial charge in [0.2, 0.25) is 0 Å². The molecule has 0 heterocycles. The molecule has 2 rings (SSSR count). The van der Waals surface area contributed by atoms with Crippen molar-refractivity contribution in [2.75, 3.05) is 13.7 Å². The molecular formula is C19H25NO. The minimum Gasteiger partial charge on any atom is -0.492 e. The summed E-state index contributed by atoms with van der Waals surface area (Å²) in [4.78, 5) is 0. The first-order valence-corrected chi connectivity index (χ1v) is 7.56. The summed E-state index contributed by atoms with van der Waals surface area (Å²) in [7, 11) is 1.97. The Morgan fingerprint density at radius 2 is 1.71 bits per heavy atom. The molecular weight excluding hydrogens is 258 g/mol. The Balaban J connectivity index is 2.03. The van der Waals surface area contributed by atoms with Gasteiger partial charge in [-0.25, -0.2) is 0 Å². The standard InChI is InChI=1S/C19H25NO/c1-14(2)17-6-5-7-18(12-17)21-13-19(20-4)16-10-8-15(3)9-11-16/h5-12,14,19-20H,13H2,1-4H3. The van der Waals surface area contributed by atoms with E-state index in [-0.39, 0.29) is 6.04 Å². The lowest BCUT2D eigenvalue weighted by molar-refractivity contribution is 0.273. The highest BCUT2D eigenvalue weighted by Gasteiger charge is 2.10. The van der Waals surface area contributed by atoms with Gasteiger partial charge >= 0.3 is 0 Å². The summed E-state index contributed by atoms with van der Waals surface area (Å²) < 4.78 is 5.97. The quantitative estimate of drug-likeness (QED) is 0.845. The van der Waals surface area contributed by atoms with Gasteiger partial charge in [0, 0.05) is 0 Å². The summed E-state index contributed by atoms with van der Waals surface area (Å²) in [6, 6.07) is 17.2. The van der Waals surface area contributed by atoms with Gasteiger partial charge in [0.1, 0.15) is 12.4 Å². The SMILES string of the molecule is CNC(COc1cccc(C(C)C)c1)c1ccc(C)cc1. The number of rotatable bonds is 6. The molecule has 0 amide bonds. The van der Waals surface area contributed by atoms with E-state index in [4.69, 9.17) is 4.74 Å². The van der Waals surface area contributed by atoms with Crippen molar-refractivity contribution in [2.24, 2.45) is 0 Å². The van der Waals surface area contributed by atoms with Crippen LogP contribution in [0.3, 0.4) is 0 Å². The van der Waals surface area contributed by atoms with Crippen LogP contribution in [-0.2, 0) is 0 Å². The van der Waals surface area contributed by atoms with Gasteiger partial charge in [-0.15, -0.1) is 0 Å². The molecule has 0 radical (unpaired) electrons. The predicted octanol–water partition coefficient (Wildman–Crippen LogP) is 4.46. The number of hydrogen-bond donors (Lipinski definition) is 1. The van der Waals surface area contributed by atoms with Gasteiger partial charge in [0.05, 0.1) is 6.04 Å². The Morgan fingerprint density at radius 1 is 1.00 bits per heavy atom. The highest BCUT2D eigenvalue weighted by Crippen LogP contribution is 2.21. The number of benzene rings is 2. The fraction of sp³-hybridized carbons (Fsp3) is 0.368. The number of hydrogen-bond acceptors (Lipinski definition) is 2.